The molecule has 1 aliphatic carbocycles. The molecule has 2 saturated heterocycles. The van der Waals surface area contributed by atoms with Crippen molar-refractivity contribution in [2.45, 2.75) is 44.3 Å². The Kier molecular flexibility index (Phi) is 3.17. The largest absolute Gasteiger partial charge is 0.508 e. The summed E-state index contributed by atoms with van der Waals surface area (Å²) in [5.41, 5.74) is 1.57. The van der Waals surface area contributed by atoms with Crippen molar-refractivity contribution >= 4 is 5.97 Å². The molecule has 5 heteroatoms. The molecule has 5 nitrogen and oxygen atoms in total. The van der Waals surface area contributed by atoms with E-state index in [0.29, 0.717) is 30.6 Å². The molecule has 122 valence electrons. The Labute approximate surface area is 134 Å². The van der Waals surface area contributed by atoms with Crippen molar-refractivity contribution in [2.24, 2.45) is 5.92 Å². The van der Waals surface area contributed by atoms with Gasteiger partial charge in [0.25, 0.3) is 0 Å². The zero-order valence-electron chi connectivity index (χ0n) is 13.0. The fourth-order valence-corrected chi connectivity index (χ4v) is 3.92. The molecule has 0 amide bonds. The van der Waals surface area contributed by atoms with Gasteiger partial charge in [0.05, 0.1) is 12.5 Å². The fraction of sp³-hybridized carbons (Fsp3) is 0.500. The molecule has 0 saturated carbocycles. The smallest absolute Gasteiger partial charge is 0.312 e. The third-order valence-electron chi connectivity index (χ3n) is 5.25. The predicted octanol–water partition coefficient (Wildman–Crippen LogP) is 2.75. The van der Waals surface area contributed by atoms with Gasteiger partial charge in [0.2, 0.25) is 0 Å². The first kappa shape index (κ1) is 14.6. The molecule has 2 heterocycles. The third kappa shape index (κ3) is 2.14. The van der Waals surface area contributed by atoms with Crippen molar-refractivity contribution in [3.8, 4) is 11.5 Å². The predicted molar refractivity (Wildman–Crippen MR) is 82.1 cm³/mol. The Morgan fingerprint density at radius 2 is 2.00 bits per heavy atom. The summed E-state index contributed by atoms with van der Waals surface area (Å²) >= 11 is 0. The zero-order valence-corrected chi connectivity index (χ0v) is 13.0. The number of carbonyl (C=O) groups excluding carboxylic acids is 1. The van der Waals surface area contributed by atoms with Crippen LogP contribution in [-0.4, -0.2) is 28.4 Å². The molecule has 2 N–H and O–H groups in total. The van der Waals surface area contributed by atoms with E-state index >= 15 is 0 Å². The van der Waals surface area contributed by atoms with Gasteiger partial charge in [0, 0.05) is 11.1 Å². The lowest BCUT2D eigenvalue weighted by Crippen LogP contribution is -2.27. The molecule has 3 atom stereocenters. The van der Waals surface area contributed by atoms with Gasteiger partial charge >= 0.3 is 5.97 Å². The molecule has 1 aromatic rings. The van der Waals surface area contributed by atoms with Crippen molar-refractivity contribution in [3.63, 3.8) is 0 Å². The van der Waals surface area contributed by atoms with Crippen LogP contribution in [0.3, 0.4) is 0 Å². The highest BCUT2D eigenvalue weighted by Crippen LogP contribution is 2.57. The summed E-state index contributed by atoms with van der Waals surface area (Å²) in [7, 11) is 0. The maximum atomic E-state index is 12.3. The fourth-order valence-electron chi connectivity index (χ4n) is 3.92. The average Bonchev–Trinajstić information content (AvgIpc) is 3.24. The van der Waals surface area contributed by atoms with E-state index < -0.39 is 11.7 Å². The van der Waals surface area contributed by atoms with Crippen LogP contribution in [0.5, 0.6) is 11.5 Å². The van der Waals surface area contributed by atoms with Gasteiger partial charge in [0.15, 0.2) is 6.10 Å². The van der Waals surface area contributed by atoms with Crippen LogP contribution < -0.4 is 0 Å². The number of rotatable bonds is 0. The van der Waals surface area contributed by atoms with Gasteiger partial charge < -0.3 is 19.7 Å². The van der Waals surface area contributed by atoms with Crippen molar-refractivity contribution in [1.82, 2.24) is 0 Å². The number of phenolic OH excluding ortho intramolecular Hbond substituents is 2. The standard InChI is InChI=1S/C18H20O5/c1-10-4-2-3-5-12-17(21)23-16(18(12)9-22-18)15-11(8-10)13(19)6-7-14(15)20/h4,6-7,12,16,19-20H,2-3,5,8-9H2,1H3/b10-4-/t12?,16-,18-/m1/s1. The molecule has 23 heavy (non-hydrogen) atoms. The molecule has 2 fully saturated rings. The minimum Gasteiger partial charge on any atom is -0.508 e. The van der Waals surface area contributed by atoms with Crippen molar-refractivity contribution < 1.29 is 24.5 Å². The van der Waals surface area contributed by atoms with Crippen LogP contribution in [0.15, 0.2) is 23.8 Å². The van der Waals surface area contributed by atoms with Crippen molar-refractivity contribution in [1.29, 1.82) is 0 Å². The molecule has 1 aromatic carbocycles. The van der Waals surface area contributed by atoms with Gasteiger partial charge in [0.1, 0.15) is 17.1 Å². The van der Waals surface area contributed by atoms with Crippen LogP contribution in [0, 0.1) is 5.92 Å². The van der Waals surface area contributed by atoms with E-state index in [1.165, 1.54) is 12.1 Å². The van der Waals surface area contributed by atoms with Crippen molar-refractivity contribution in [2.75, 3.05) is 6.61 Å². The highest BCUT2D eigenvalue weighted by atomic mass is 16.7. The normalized spacial score (nSPS) is 35.0. The molecule has 3 aliphatic rings. The number of phenols is 2. The summed E-state index contributed by atoms with van der Waals surface area (Å²) in [5, 5.41) is 20.7. The molecular weight excluding hydrogens is 296 g/mol. The SMILES string of the molecule is C/C1=C/CCCC2C(=O)O[C@H](c3c(O)ccc(O)c3C1)[C@@]21CO1. The van der Waals surface area contributed by atoms with E-state index in [1.54, 1.807) is 0 Å². The number of hydrogen-bond donors (Lipinski definition) is 2. The average molecular weight is 316 g/mol. The van der Waals surface area contributed by atoms with E-state index in [4.69, 9.17) is 9.47 Å². The lowest BCUT2D eigenvalue weighted by molar-refractivity contribution is -0.144. The van der Waals surface area contributed by atoms with Crippen molar-refractivity contribution in [3.05, 3.63) is 34.9 Å². The van der Waals surface area contributed by atoms with E-state index in [-0.39, 0.29) is 23.4 Å². The number of ether oxygens (including phenoxy) is 2. The number of aromatic hydroxyl groups is 2. The number of carbonyl (C=O) groups is 1. The number of hydrogen-bond acceptors (Lipinski definition) is 5. The maximum Gasteiger partial charge on any atom is 0.312 e. The Morgan fingerprint density at radius 3 is 2.74 bits per heavy atom. The maximum absolute atomic E-state index is 12.3. The number of epoxide rings is 1. The molecule has 2 bridgehead atoms. The highest BCUT2D eigenvalue weighted by molar-refractivity contribution is 5.79. The number of benzene rings is 1. The minimum atomic E-state index is -0.671. The van der Waals surface area contributed by atoms with Crippen LogP contribution in [0.2, 0.25) is 0 Å². The second kappa shape index (κ2) is 4.99. The molecular formula is C18H20O5. The second-order valence-corrected chi connectivity index (χ2v) is 6.77. The monoisotopic (exact) mass is 316 g/mol. The van der Waals surface area contributed by atoms with Gasteiger partial charge in [-0.25, -0.2) is 0 Å². The Morgan fingerprint density at radius 1 is 1.26 bits per heavy atom. The van der Waals surface area contributed by atoms with Gasteiger partial charge in [-0.3, -0.25) is 4.79 Å². The minimum absolute atomic E-state index is 0.0400. The first-order chi connectivity index (χ1) is 11.0. The second-order valence-electron chi connectivity index (χ2n) is 6.77. The van der Waals surface area contributed by atoms with Gasteiger partial charge in [-0.1, -0.05) is 11.6 Å². The zero-order chi connectivity index (χ0) is 16.2. The lowest BCUT2D eigenvalue weighted by Gasteiger charge is -2.21. The summed E-state index contributed by atoms with van der Waals surface area (Å²) in [6.45, 7) is 2.47. The molecule has 4 rings (SSSR count). The molecule has 1 unspecified atom stereocenters. The van der Waals surface area contributed by atoms with E-state index in [0.717, 1.165) is 18.4 Å². The first-order valence-corrected chi connectivity index (χ1v) is 8.07. The molecule has 2 aliphatic heterocycles. The third-order valence-corrected chi connectivity index (χ3v) is 5.25. The topological polar surface area (TPSA) is 79.3 Å². The van der Waals surface area contributed by atoms with E-state index in [9.17, 15) is 15.0 Å². The van der Waals surface area contributed by atoms with Crippen LogP contribution in [0.1, 0.15) is 43.4 Å². The van der Waals surface area contributed by atoms with Crippen LogP contribution >= 0.6 is 0 Å². The summed E-state index contributed by atoms with van der Waals surface area (Å²) in [6, 6.07) is 2.93. The van der Waals surface area contributed by atoms with Gasteiger partial charge in [-0.2, -0.15) is 0 Å². The summed E-state index contributed by atoms with van der Waals surface area (Å²) in [5.74, 6) is -0.408. The van der Waals surface area contributed by atoms with Crippen LogP contribution in [0.4, 0.5) is 0 Å². The Balaban J connectivity index is 1.90. The summed E-state index contributed by atoms with van der Waals surface area (Å²) in [4.78, 5) is 12.3. The number of fused-ring (bicyclic) bond motifs is 2. The Bertz CT molecular complexity index is 702. The van der Waals surface area contributed by atoms with E-state index in [2.05, 4.69) is 6.08 Å². The molecule has 1 spiro atoms. The summed E-state index contributed by atoms with van der Waals surface area (Å²) < 4.78 is 11.3. The summed E-state index contributed by atoms with van der Waals surface area (Å²) in [6.07, 6.45) is 4.50. The quantitative estimate of drug-likeness (QED) is 0.333. The number of allylic oxidation sites excluding steroid dienone is 2. The van der Waals surface area contributed by atoms with Crippen LogP contribution in [-0.2, 0) is 20.7 Å². The van der Waals surface area contributed by atoms with Crippen LogP contribution in [0.25, 0.3) is 0 Å². The van der Waals surface area contributed by atoms with E-state index in [1.807, 2.05) is 6.92 Å². The highest BCUT2D eigenvalue weighted by Gasteiger charge is 2.67. The first-order valence-electron chi connectivity index (χ1n) is 8.07. The number of esters is 1. The molecule has 0 radical (unpaired) electrons. The van der Waals surface area contributed by atoms with Gasteiger partial charge in [-0.05, 0) is 44.7 Å². The molecule has 0 aromatic heterocycles. The Hall–Kier alpha value is -2.01. The van der Waals surface area contributed by atoms with Gasteiger partial charge in [-0.15, -0.1) is 0 Å². The lowest BCUT2D eigenvalue weighted by atomic mass is 9.82.